The number of aliphatic carboxylic acids is 1. The lowest BCUT2D eigenvalue weighted by molar-refractivity contribution is -0.136. The van der Waals surface area contributed by atoms with Gasteiger partial charge in [-0.3, -0.25) is 14.3 Å². The predicted octanol–water partition coefficient (Wildman–Crippen LogP) is 0.795. The van der Waals surface area contributed by atoms with Gasteiger partial charge >= 0.3 is 5.97 Å². The highest BCUT2D eigenvalue weighted by Gasteiger charge is 2.24. The Balaban J connectivity index is 2.02. The summed E-state index contributed by atoms with van der Waals surface area (Å²) in [6.07, 6.45) is 1.46. The molecule has 1 aromatic carbocycles. The van der Waals surface area contributed by atoms with Crippen LogP contribution in [0.25, 0.3) is 0 Å². The largest absolute Gasteiger partial charge is 0.481 e. The third-order valence-electron chi connectivity index (χ3n) is 2.90. The number of carbonyl (C=O) groups is 2. The molecule has 0 radical (unpaired) electrons. The first-order valence-electron chi connectivity index (χ1n) is 6.49. The van der Waals surface area contributed by atoms with Gasteiger partial charge in [0.25, 0.3) is 5.91 Å². The molecule has 0 unspecified atom stereocenters. The summed E-state index contributed by atoms with van der Waals surface area (Å²) in [6, 6.07) is 6.31. The highest BCUT2D eigenvalue weighted by Crippen LogP contribution is 2.20. The Bertz CT molecular complexity index is 652. The number of rotatable bonds is 7. The fraction of sp³-hybridized carbons (Fsp3) is 0.385. The lowest BCUT2D eigenvalue weighted by Crippen LogP contribution is -2.25. The van der Waals surface area contributed by atoms with Crippen molar-refractivity contribution in [2.24, 2.45) is 0 Å². The van der Waals surface area contributed by atoms with Crippen LogP contribution < -0.4 is 10.0 Å². The minimum atomic E-state index is -3.75. The van der Waals surface area contributed by atoms with Gasteiger partial charge in [0.1, 0.15) is 0 Å². The van der Waals surface area contributed by atoms with Gasteiger partial charge in [-0.25, -0.2) is 8.42 Å². The van der Waals surface area contributed by atoms with Gasteiger partial charge in [-0.15, -0.1) is 0 Å². The molecule has 0 aromatic heterocycles. The van der Waals surface area contributed by atoms with Crippen LogP contribution in [0.4, 0.5) is 5.69 Å². The number of anilines is 1. The quantitative estimate of drug-likeness (QED) is 0.689. The summed E-state index contributed by atoms with van der Waals surface area (Å²) in [5.74, 6) is -1.94. The predicted molar refractivity (Wildman–Crippen MR) is 76.6 cm³/mol. The van der Waals surface area contributed by atoms with E-state index in [1.54, 1.807) is 12.1 Å². The van der Waals surface area contributed by atoms with Gasteiger partial charge in [0.2, 0.25) is 10.0 Å². The monoisotopic (exact) mass is 312 g/mol. The van der Waals surface area contributed by atoms with E-state index >= 15 is 0 Å². The Hall–Kier alpha value is -2.09. The second-order valence-electron chi connectivity index (χ2n) is 4.89. The van der Waals surface area contributed by atoms with Gasteiger partial charge in [0.15, 0.2) is 0 Å². The van der Waals surface area contributed by atoms with Crippen molar-refractivity contribution in [3.05, 3.63) is 29.8 Å². The van der Waals surface area contributed by atoms with Crippen LogP contribution >= 0.6 is 0 Å². The molecular weight excluding hydrogens is 296 g/mol. The molecule has 1 fully saturated rings. The fourth-order valence-corrected chi connectivity index (χ4v) is 2.70. The highest BCUT2D eigenvalue weighted by atomic mass is 32.2. The Morgan fingerprint density at radius 1 is 1.29 bits per heavy atom. The number of benzene rings is 1. The average molecular weight is 312 g/mol. The summed E-state index contributed by atoms with van der Waals surface area (Å²) in [5, 5.41) is 11.3. The number of nitrogens with one attached hydrogen (secondary N) is 2. The molecule has 0 spiro atoms. The molecule has 0 atom stereocenters. The number of amides is 1. The number of carboxylic acid groups (broad SMARTS) is 1. The van der Waals surface area contributed by atoms with E-state index in [-0.39, 0.29) is 17.6 Å². The average Bonchev–Trinajstić information content (AvgIpc) is 3.20. The van der Waals surface area contributed by atoms with Gasteiger partial charge < -0.3 is 10.4 Å². The molecule has 2 rings (SSSR count). The standard InChI is InChI=1S/C13H16N2O5S/c16-12(17)6-7-21(19,20)15-11-3-1-2-9(8-11)13(18)14-10-4-5-10/h1-3,8,10,15H,4-7H2,(H,14,18)(H,16,17). The van der Waals surface area contributed by atoms with E-state index < -0.39 is 28.2 Å². The van der Waals surface area contributed by atoms with E-state index in [0.29, 0.717) is 5.56 Å². The fourth-order valence-electron chi connectivity index (χ4n) is 1.67. The first-order chi connectivity index (χ1) is 9.85. The molecule has 1 saturated carbocycles. The molecule has 114 valence electrons. The van der Waals surface area contributed by atoms with Crippen molar-refractivity contribution in [2.75, 3.05) is 10.5 Å². The molecule has 1 aliphatic carbocycles. The molecule has 8 heteroatoms. The van der Waals surface area contributed by atoms with Gasteiger partial charge in [0.05, 0.1) is 12.2 Å². The summed E-state index contributed by atoms with van der Waals surface area (Å²) in [6.45, 7) is 0. The number of sulfonamides is 1. The molecule has 3 N–H and O–H groups in total. The van der Waals surface area contributed by atoms with Crippen LogP contribution in [0.3, 0.4) is 0 Å². The normalized spacial score (nSPS) is 14.5. The molecule has 0 saturated heterocycles. The van der Waals surface area contributed by atoms with Crippen molar-refractivity contribution in [1.82, 2.24) is 5.32 Å². The van der Waals surface area contributed by atoms with Gasteiger partial charge in [-0.2, -0.15) is 0 Å². The van der Waals surface area contributed by atoms with Crippen LogP contribution in [0.1, 0.15) is 29.6 Å². The van der Waals surface area contributed by atoms with Crippen LogP contribution in [0, 0.1) is 0 Å². The van der Waals surface area contributed by atoms with Crippen LogP contribution in [0.2, 0.25) is 0 Å². The van der Waals surface area contributed by atoms with Crippen LogP contribution in [-0.2, 0) is 14.8 Å². The second kappa shape index (κ2) is 6.13. The van der Waals surface area contributed by atoms with E-state index in [1.165, 1.54) is 12.1 Å². The third-order valence-corrected chi connectivity index (χ3v) is 4.18. The molecule has 1 amide bonds. The van der Waals surface area contributed by atoms with Crippen LogP contribution in [0.5, 0.6) is 0 Å². The number of hydrogen-bond acceptors (Lipinski definition) is 4. The maximum atomic E-state index is 11.9. The van der Waals surface area contributed by atoms with Crippen molar-refractivity contribution in [3.63, 3.8) is 0 Å². The summed E-state index contributed by atoms with van der Waals surface area (Å²) in [5.41, 5.74) is 0.601. The van der Waals surface area contributed by atoms with Crippen LogP contribution in [-0.4, -0.2) is 37.2 Å². The second-order valence-corrected chi connectivity index (χ2v) is 6.74. The first-order valence-corrected chi connectivity index (χ1v) is 8.14. The first kappa shape index (κ1) is 15.3. The Kier molecular flexibility index (Phi) is 4.46. The molecule has 21 heavy (non-hydrogen) atoms. The van der Waals surface area contributed by atoms with Crippen molar-refractivity contribution in [3.8, 4) is 0 Å². The maximum absolute atomic E-state index is 11.9. The number of hydrogen-bond donors (Lipinski definition) is 3. The SMILES string of the molecule is O=C(O)CCS(=O)(=O)Nc1cccc(C(=O)NC2CC2)c1. The molecular formula is C13H16N2O5S. The third kappa shape index (κ3) is 5.07. The van der Waals surface area contributed by atoms with E-state index in [1.807, 2.05) is 0 Å². The van der Waals surface area contributed by atoms with Crippen molar-refractivity contribution >= 4 is 27.6 Å². The zero-order valence-electron chi connectivity index (χ0n) is 11.2. The van der Waals surface area contributed by atoms with Gasteiger partial charge in [-0.1, -0.05) is 6.07 Å². The van der Waals surface area contributed by atoms with Crippen molar-refractivity contribution in [2.45, 2.75) is 25.3 Å². The summed E-state index contributed by atoms with van der Waals surface area (Å²) >= 11 is 0. The molecule has 0 bridgehead atoms. The lowest BCUT2D eigenvalue weighted by Gasteiger charge is -2.09. The summed E-state index contributed by atoms with van der Waals surface area (Å²) in [7, 11) is -3.75. The summed E-state index contributed by atoms with van der Waals surface area (Å²) in [4.78, 5) is 22.3. The van der Waals surface area contributed by atoms with E-state index in [0.717, 1.165) is 12.8 Å². The molecule has 7 nitrogen and oxygen atoms in total. The van der Waals surface area contributed by atoms with E-state index in [9.17, 15) is 18.0 Å². The molecule has 1 aromatic rings. The van der Waals surface area contributed by atoms with Gasteiger partial charge in [0, 0.05) is 17.3 Å². The van der Waals surface area contributed by atoms with E-state index in [2.05, 4.69) is 10.0 Å². The Morgan fingerprint density at radius 3 is 2.62 bits per heavy atom. The maximum Gasteiger partial charge on any atom is 0.304 e. The summed E-state index contributed by atoms with van der Waals surface area (Å²) < 4.78 is 25.7. The van der Waals surface area contributed by atoms with Crippen LogP contribution in [0.15, 0.2) is 24.3 Å². The number of carboxylic acids is 1. The zero-order valence-corrected chi connectivity index (χ0v) is 12.0. The molecule has 0 aliphatic heterocycles. The van der Waals surface area contributed by atoms with Gasteiger partial charge in [-0.05, 0) is 31.0 Å². The highest BCUT2D eigenvalue weighted by molar-refractivity contribution is 7.92. The zero-order chi connectivity index (χ0) is 15.5. The minimum Gasteiger partial charge on any atom is -0.481 e. The lowest BCUT2D eigenvalue weighted by atomic mass is 10.2. The molecule has 1 aliphatic rings. The van der Waals surface area contributed by atoms with Crippen molar-refractivity contribution in [1.29, 1.82) is 0 Å². The minimum absolute atomic E-state index is 0.216. The topological polar surface area (TPSA) is 113 Å². The van der Waals surface area contributed by atoms with Crippen molar-refractivity contribution < 1.29 is 23.1 Å². The Morgan fingerprint density at radius 2 is 2.00 bits per heavy atom. The Labute approximate surface area is 122 Å². The van der Waals surface area contributed by atoms with E-state index in [4.69, 9.17) is 5.11 Å². The molecule has 0 heterocycles. The smallest absolute Gasteiger partial charge is 0.304 e. The number of carbonyl (C=O) groups excluding carboxylic acids is 1.